The van der Waals surface area contributed by atoms with E-state index in [2.05, 4.69) is 71.9 Å². The van der Waals surface area contributed by atoms with E-state index < -0.39 is 0 Å². The van der Waals surface area contributed by atoms with Crippen molar-refractivity contribution < 1.29 is 4.79 Å². The molecule has 0 saturated heterocycles. The highest BCUT2D eigenvalue weighted by Gasteiger charge is 2.59. The first-order valence-corrected chi connectivity index (χ1v) is 8.48. The molecule has 0 radical (unpaired) electrons. The molecule has 3 fully saturated rings. The van der Waals surface area contributed by atoms with Gasteiger partial charge in [-0.05, 0) is 51.9 Å². The lowest BCUT2D eigenvalue weighted by atomic mass is 9.44. The molecular weight excluding hydrogens is 268 g/mol. The van der Waals surface area contributed by atoms with Crippen LogP contribution in [0.25, 0.3) is 6.08 Å². The second-order valence-corrected chi connectivity index (χ2v) is 8.84. The van der Waals surface area contributed by atoms with E-state index in [0.29, 0.717) is 17.6 Å². The highest BCUT2D eigenvalue weighted by molar-refractivity contribution is 6.04. The van der Waals surface area contributed by atoms with Crippen molar-refractivity contribution >= 4 is 11.9 Å². The fourth-order valence-corrected chi connectivity index (χ4v) is 4.36. The Kier molecular flexibility index (Phi) is 3.39. The van der Waals surface area contributed by atoms with E-state index in [1.54, 1.807) is 0 Å². The monoisotopic (exact) mass is 296 g/mol. The van der Waals surface area contributed by atoms with Crippen LogP contribution in [0.15, 0.2) is 29.8 Å². The third-order valence-electron chi connectivity index (χ3n) is 6.14. The second kappa shape index (κ2) is 4.81. The number of fused-ring (bicyclic) bond motifs is 2. The predicted octanol–water partition coefficient (Wildman–Crippen LogP) is 5.25. The van der Waals surface area contributed by atoms with Gasteiger partial charge in [-0.1, -0.05) is 65.8 Å². The summed E-state index contributed by atoms with van der Waals surface area (Å²) in [5.74, 6) is 1.68. The topological polar surface area (TPSA) is 17.1 Å². The second-order valence-electron chi connectivity index (χ2n) is 8.84. The van der Waals surface area contributed by atoms with Gasteiger partial charge in [-0.2, -0.15) is 0 Å². The third kappa shape index (κ3) is 2.26. The smallest absolute Gasteiger partial charge is 0.162 e. The van der Waals surface area contributed by atoms with Crippen molar-refractivity contribution in [1.82, 2.24) is 0 Å². The molecule has 2 bridgehead atoms. The lowest BCUT2D eigenvalue weighted by molar-refractivity contribution is -0.146. The van der Waals surface area contributed by atoms with Gasteiger partial charge in [0.1, 0.15) is 0 Å². The minimum absolute atomic E-state index is 0.172. The summed E-state index contributed by atoms with van der Waals surface area (Å²) in [7, 11) is 0. The van der Waals surface area contributed by atoms with Gasteiger partial charge >= 0.3 is 0 Å². The lowest BCUT2D eigenvalue weighted by Gasteiger charge is -2.59. The number of Topliss-reactive ketones (excluding diaryl/α,β-unsaturated/α-hetero) is 1. The lowest BCUT2D eigenvalue weighted by Crippen LogP contribution is -2.57. The molecule has 0 heterocycles. The highest BCUT2D eigenvalue weighted by atomic mass is 16.1. The largest absolute Gasteiger partial charge is 0.294 e. The molecule has 4 rings (SSSR count). The quantitative estimate of drug-likeness (QED) is 0.647. The molecule has 3 aliphatic rings. The van der Waals surface area contributed by atoms with Crippen molar-refractivity contribution in [1.29, 1.82) is 0 Å². The van der Waals surface area contributed by atoms with Crippen LogP contribution in [0.1, 0.15) is 59.1 Å². The Morgan fingerprint density at radius 3 is 2.18 bits per heavy atom. The average molecular weight is 296 g/mol. The van der Waals surface area contributed by atoms with Gasteiger partial charge in [0.05, 0.1) is 0 Å². The minimum atomic E-state index is 0.172. The van der Waals surface area contributed by atoms with E-state index in [4.69, 9.17) is 0 Å². The molecule has 3 atom stereocenters. The number of carbonyl (C=O) groups excluding carboxylic acids is 1. The predicted molar refractivity (Wildman–Crippen MR) is 92.7 cm³/mol. The van der Waals surface area contributed by atoms with Gasteiger partial charge in [0.2, 0.25) is 0 Å². The fraction of sp³-hybridized carbons (Fsp3) is 0.571. The van der Waals surface area contributed by atoms with Crippen LogP contribution in [0.2, 0.25) is 0 Å². The fourth-order valence-electron chi connectivity index (χ4n) is 4.36. The van der Waals surface area contributed by atoms with Crippen molar-refractivity contribution in [2.45, 2.75) is 53.4 Å². The summed E-state index contributed by atoms with van der Waals surface area (Å²) < 4.78 is 0. The number of hydrogen-bond donors (Lipinski definition) is 0. The average Bonchev–Trinajstić information content (AvgIpc) is 2.41. The SMILES string of the molecule is CC1C(=Cc2ccc(C(C)(C)C)cc2)C(=O)C2CC1C2(C)C. The Bertz CT molecular complexity index is 625. The van der Waals surface area contributed by atoms with E-state index in [1.807, 2.05) is 0 Å². The van der Waals surface area contributed by atoms with Crippen LogP contribution in [0.5, 0.6) is 0 Å². The van der Waals surface area contributed by atoms with Gasteiger partial charge in [-0.15, -0.1) is 0 Å². The molecule has 1 aromatic rings. The van der Waals surface area contributed by atoms with E-state index in [0.717, 1.165) is 17.6 Å². The molecule has 22 heavy (non-hydrogen) atoms. The summed E-state index contributed by atoms with van der Waals surface area (Å²) in [5, 5.41) is 0. The summed E-state index contributed by atoms with van der Waals surface area (Å²) >= 11 is 0. The number of ketones is 1. The zero-order chi connectivity index (χ0) is 16.3. The molecule has 118 valence electrons. The van der Waals surface area contributed by atoms with Crippen LogP contribution in [0.4, 0.5) is 0 Å². The van der Waals surface area contributed by atoms with Gasteiger partial charge < -0.3 is 0 Å². The number of benzene rings is 1. The molecule has 0 aromatic heterocycles. The molecule has 1 nitrogen and oxygen atoms in total. The zero-order valence-corrected chi connectivity index (χ0v) is 14.7. The Balaban J connectivity index is 1.89. The van der Waals surface area contributed by atoms with Gasteiger partial charge in [-0.3, -0.25) is 4.79 Å². The van der Waals surface area contributed by atoms with Crippen molar-refractivity contribution in [3.8, 4) is 0 Å². The molecule has 0 spiro atoms. The number of carbonyl (C=O) groups is 1. The Morgan fingerprint density at radius 2 is 1.73 bits per heavy atom. The van der Waals surface area contributed by atoms with Gasteiger partial charge in [-0.25, -0.2) is 0 Å². The molecule has 0 aliphatic heterocycles. The summed E-state index contributed by atoms with van der Waals surface area (Å²) in [5.41, 5.74) is 3.91. The van der Waals surface area contributed by atoms with Crippen LogP contribution in [0.3, 0.4) is 0 Å². The van der Waals surface area contributed by atoms with Gasteiger partial charge in [0, 0.05) is 5.92 Å². The Labute approximate surface area is 134 Å². The summed E-state index contributed by atoms with van der Waals surface area (Å²) in [6, 6.07) is 8.68. The zero-order valence-electron chi connectivity index (χ0n) is 14.7. The summed E-state index contributed by atoms with van der Waals surface area (Å²) in [4.78, 5) is 12.8. The van der Waals surface area contributed by atoms with Crippen LogP contribution in [-0.2, 0) is 10.2 Å². The first-order chi connectivity index (χ1) is 10.1. The molecule has 3 saturated carbocycles. The Morgan fingerprint density at radius 1 is 1.14 bits per heavy atom. The number of allylic oxidation sites excluding steroid dienone is 1. The van der Waals surface area contributed by atoms with Crippen molar-refractivity contribution in [3.63, 3.8) is 0 Å². The highest BCUT2D eigenvalue weighted by Crippen LogP contribution is 2.61. The first kappa shape index (κ1) is 15.5. The van der Waals surface area contributed by atoms with Crippen LogP contribution in [-0.4, -0.2) is 5.78 Å². The van der Waals surface area contributed by atoms with E-state index in [1.165, 1.54) is 5.56 Å². The first-order valence-electron chi connectivity index (χ1n) is 8.48. The van der Waals surface area contributed by atoms with Crippen LogP contribution in [0, 0.1) is 23.2 Å². The van der Waals surface area contributed by atoms with E-state index in [-0.39, 0.29) is 16.7 Å². The molecule has 0 N–H and O–H groups in total. The maximum atomic E-state index is 12.8. The van der Waals surface area contributed by atoms with Crippen LogP contribution >= 0.6 is 0 Å². The summed E-state index contributed by atoms with van der Waals surface area (Å²) in [6.45, 7) is 13.4. The van der Waals surface area contributed by atoms with E-state index >= 15 is 0 Å². The molecule has 1 aromatic carbocycles. The molecule has 0 amide bonds. The van der Waals surface area contributed by atoms with Crippen molar-refractivity contribution in [2.24, 2.45) is 23.2 Å². The number of rotatable bonds is 1. The van der Waals surface area contributed by atoms with Gasteiger partial charge in [0.15, 0.2) is 5.78 Å². The minimum Gasteiger partial charge on any atom is -0.294 e. The molecule has 1 heteroatoms. The maximum absolute atomic E-state index is 12.8. The van der Waals surface area contributed by atoms with Crippen molar-refractivity contribution in [2.75, 3.05) is 0 Å². The molecular formula is C21H28O. The van der Waals surface area contributed by atoms with Gasteiger partial charge in [0.25, 0.3) is 0 Å². The maximum Gasteiger partial charge on any atom is 0.162 e. The number of hydrogen-bond acceptors (Lipinski definition) is 1. The van der Waals surface area contributed by atoms with E-state index in [9.17, 15) is 4.79 Å². The molecule has 3 unspecified atom stereocenters. The van der Waals surface area contributed by atoms with Crippen LogP contribution < -0.4 is 0 Å². The van der Waals surface area contributed by atoms with Crippen molar-refractivity contribution in [3.05, 3.63) is 41.0 Å². The normalized spacial score (nSPS) is 32.0. The standard InChI is InChI=1S/C21H28O/c1-13-16(19(22)18-12-17(13)21(18,5)6)11-14-7-9-15(10-8-14)20(2,3)4/h7-11,13,17-18H,12H2,1-6H3. The summed E-state index contributed by atoms with van der Waals surface area (Å²) in [6.07, 6.45) is 3.22. The molecule has 3 aliphatic carbocycles. The Hall–Kier alpha value is -1.37. The third-order valence-corrected chi connectivity index (χ3v) is 6.14.